The molecule has 2 heterocycles. The Morgan fingerprint density at radius 1 is 1.41 bits per heavy atom. The molecule has 0 radical (unpaired) electrons. The van der Waals surface area contributed by atoms with Crippen molar-refractivity contribution in [3.8, 4) is 5.69 Å². The summed E-state index contributed by atoms with van der Waals surface area (Å²) in [5.74, 6) is -0.765. The number of hydrogen-bond donors (Lipinski definition) is 1. The van der Waals surface area contributed by atoms with Crippen molar-refractivity contribution in [1.29, 1.82) is 0 Å². The smallest absolute Gasteiger partial charge is 0.348 e. The number of nitrogens with one attached hydrogen (secondary N) is 1. The van der Waals surface area contributed by atoms with Gasteiger partial charge in [-0.15, -0.1) is 0 Å². The maximum absolute atomic E-state index is 13.7. The molecular weight excluding hydrogens is 381 g/mol. The third kappa shape index (κ3) is 4.44. The zero-order valence-electron chi connectivity index (χ0n) is 14.8. The number of carbonyl (C=O) groups excluding carboxylic acids is 1. The molecule has 1 aliphatic rings. The van der Waals surface area contributed by atoms with E-state index in [0.29, 0.717) is 11.2 Å². The predicted octanol–water partition coefficient (Wildman–Crippen LogP) is 3.76. The van der Waals surface area contributed by atoms with Gasteiger partial charge in [-0.2, -0.15) is 18.3 Å². The van der Waals surface area contributed by atoms with Gasteiger partial charge in [-0.3, -0.25) is 4.79 Å². The van der Waals surface area contributed by atoms with Crippen molar-refractivity contribution in [3.63, 3.8) is 0 Å². The van der Waals surface area contributed by atoms with E-state index in [2.05, 4.69) is 15.3 Å². The van der Waals surface area contributed by atoms with E-state index >= 15 is 0 Å². The van der Waals surface area contributed by atoms with E-state index in [1.165, 1.54) is 18.2 Å². The van der Waals surface area contributed by atoms with Crippen molar-refractivity contribution in [3.05, 3.63) is 46.7 Å². The molecule has 1 aromatic carbocycles. The number of benzene rings is 1. The monoisotopic (exact) mass is 400 g/mol. The number of piperidine rings is 1. The van der Waals surface area contributed by atoms with Crippen LogP contribution in [0.5, 0.6) is 0 Å². The van der Waals surface area contributed by atoms with Gasteiger partial charge in [0.15, 0.2) is 5.69 Å². The zero-order valence-corrected chi connectivity index (χ0v) is 15.5. The van der Waals surface area contributed by atoms with E-state index in [4.69, 9.17) is 11.6 Å². The molecule has 1 N–H and O–H groups in total. The molecule has 9 heteroatoms. The van der Waals surface area contributed by atoms with Crippen LogP contribution in [0.25, 0.3) is 5.69 Å². The van der Waals surface area contributed by atoms with E-state index in [-0.39, 0.29) is 16.8 Å². The largest absolute Gasteiger partial charge is 0.434 e. The lowest BCUT2D eigenvalue weighted by Gasteiger charge is -2.32. The van der Waals surface area contributed by atoms with Crippen molar-refractivity contribution < 1.29 is 18.0 Å². The fourth-order valence-corrected chi connectivity index (χ4v) is 3.50. The van der Waals surface area contributed by atoms with Crippen LogP contribution in [0.2, 0.25) is 5.02 Å². The molecule has 1 amide bonds. The van der Waals surface area contributed by atoms with Crippen LogP contribution in [0.3, 0.4) is 0 Å². The summed E-state index contributed by atoms with van der Waals surface area (Å²) in [7, 11) is 0. The summed E-state index contributed by atoms with van der Waals surface area (Å²) in [5.41, 5.74) is -1.45. The minimum Gasteiger partial charge on any atom is -0.348 e. The maximum Gasteiger partial charge on any atom is 0.434 e. The molecule has 0 saturated carbocycles. The lowest BCUT2D eigenvalue weighted by molar-refractivity contribution is -0.143. The standard InChI is InChI=1S/C18H20ClF3N4O/c1-2-25-8-4-6-13(11-25)24-17(27)15-10-23-26(16(15)18(20,21)22)14-7-3-5-12(19)9-14/h3,5,7,9-10,13H,2,4,6,8,11H2,1H3,(H,24,27)/t13-/m0/s1. The van der Waals surface area contributed by atoms with Crippen LogP contribution >= 0.6 is 11.6 Å². The van der Waals surface area contributed by atoms with Crippen LogP contribution in [0.1, 0.15) is 35.8 Å². The molecule has 1 atom stereocenters. The molecule has 1 aromatic heterocycles. The van der Waals surface area contributed by atoms with Crippen molar-refractivity contribution in [1.82, 2.24) is 20.0 Å². The van der Waals surface area contributed by atoms with Gasteiger partial charge in [-0.05, 0) is 44.1 Å². The number of nitrogens with zero attached hydrogens (tertiary/aromatic N) is 3. The Morgan fingerprint density at radius 2 is 2.19 bits per heavy atom. The van der Waals surface area contributed by atoms with Crippen LogP contribution in [-0.2, 0) is 6.18 Å². The zero-order chi connectivity index (χ0) is 19.6. The van der Waals surface area contributed by atoms with Crippen molar-refractivity contribution in [2.24, 2.45) is 0 Å². The van der Waals surface area contributed by atoms with E-state index in [1.807, 2.05) is 6.92 Å². The number of amides is 1. The van der Waals surface area contributed by atoms with Crippen LogP contribution in [0, 0.1) is 0 Å². The lowest BCUT2D eigenvalue weighted by Crippen LogP contribution is -2.47. The number of likely N-dealkylation sites (N-methyl/N-ethyl adjacent to an activating group) is 1. The van der Waals surface area contributed by atoms with Gasteiger partial charge in [0.2, 0.25) is 0 Å². The fourth-order valence-electron chi connectivity index (χ4n) is 3.31. The Morgan fingerprint density at radius 3 is 2.85 bits per heavy atom. The van der Waals surface area contributed by atoms with Crippen LogP contribution in [0.15, 0.2) is 30.5 Å². The number of hydrogen-bond acceptors (Lipinski definition) is 3. The first kappa shape index (κ1) is 19.7. The third-order valence-corrected chi connectivity index (χ3v) is 4.86. The first-order chi connectivity index (χ1) is 12.8. The Bertz CT molecular complexity index is 821. The number of carbonyl (C=O) groups is 1. The van der Waals surface area contributed by atoms with Gasteiger partial charge < -0.3 is 10.2 Å². The topological polar surface area (TPSA) is 50.2 Å². The average molecular weight is 401 g/mol. The fraction of sp³-hybridized carbons (Fsp3) is 0.444. The molecule has 0 unspecified atom stereocenters. The first-order valence-corrected chi connectivity index (χ1v) is 9.11. The van der Waals surface area contributed by atoms with Crippen molar-refractivity contribution >= 4 is 17.5 Å². The van der Waals surface area contributed by atoms with Crippen LogP contribution < -0.4 is 5.32 Å². The summed E-state index contributed by atoms with van der Waals surface area (Å²) in [6, 6.07) is 5.72. The number of likely N-dealkylation sites (tertiary alicyclic amines) is 1. The Labute approximate surface area is 160 Å². The molecule has 1 saturated heterocycles. The average Bonchev–Trinajstić information content (AvgIpc) is 3.07. The van der Waals surface area contributed by atoms with Gasteiger partial charge in [0.1, 0.15) is 0 Å². The van der Waals surface area contributed by atoms with Gasteiger partial charge in [0.05, 0.1) is 17.4 Å². The van der Waals surface area contributed by atoms with E-state index in [1.54, 1.807) is 6.07 Å². The summed E-state index contributed by atoms with van der Waals surface area (Å²) in [4.78, 5) is 14.7. The summed E-state index contributed by atoms with van der Waals surface area (Å²) in [6.07, 6.45) is -2.15. The Balaban J connectivity index is 1.90. The third-order valence-electron chi connectivity index (χ3n) is 4.62. The number of alkyl halides is 3. The lowest BCUT2D eigenvalue weighted by atomic mass is 10.1. The summed E-state index contributed by atoms with van der Waals surface area (Å²) >= 11 is 5.88. The Kier molecular flexibility index (Phi) is 5.76. The molecule has 0 spiro atoms. The molecule has 1 fully saturated rings. The molecular formula is C18H20ClF3N4O. The molecule has 0 bridgehead atoms. The SMILES string of the molecule is CCN1CCC[C@H](NC(=O)c2cnn(-c3cccc(Cl)c3)c2C(F)(F)F)C1. The summed E-state index contributed by atoms with van der Waals surface area (Å²) in [6.45, 7) is 4.42. The van der Waals surface area contributed by atoms with E-state index in [0.717, 1.165) is 32.1 Å². The van der Waals surface area contributed by atoms with Gasteiger partial charge in [-0.1, -0.05) is 24.6 Å². The normalized spacial score (nSPS) is 18.5. The molecule has 146 valence electrons. The maximum atomic E-state index is 13.7. The molecule has 3 rings (SSSR count). The second kappa shape index (κ2) is 7.90. The summed E-state index contributed by atoms with van der Waals surface area (Å²) < 4.78 is 41.8. The van der Waals surface area contributed by atoms with Gasteiger partial charge >= 0.3 is 6.18 Å². The number of halogens is 4. The number of aromatic nitrogens is 2. The van der Waals surface area contributed by atoms with Crippen LogP contribution in [-0.4, -0.2) is 46.3 Å². The predicted molar refractivity (Wildman–Crippen MR) is 96.2 cm³/mol. The minimum atomic E-state index is -4.74. The molecule has 0 aliphatic carbocycles. The molecule has 1 aliphatic heterocycles. The van der Waals surface area contributed by atoms with Crippen molar-refractivity contribution in [2.75, 3.05) is 19.6 Å². The van der Waals surface area contributed by atoms with Crippen molar-refractivity contribution in [2.45, 2.75) is 32.0 Å². The Hall–Kier alpha value is -2.06. The second-order valence-corrected chi connectivity index (χ2v) is 6.94. The summed E-state index contributed by atoms with van der Waals surface area (Å²) in [5, 5.41) is 6.82. The van der Waals surface area contributed by atoms with Gasteiger partial charge in [-0.25, -0.2) is 4.68 Å². The van der Waals surface area contributed by atoms with Gasteiger partial charge in [0.25, 0.3) is 5.91 Å². The van der Waals surface area contributed by atoms with E-state index < -0.39 is 23.3 Å². The van der Waals surface area contributed by atoms with Crippen LogP contribution in [0.4, 0.5) is 13.2 Å². The minimum absolute atomic E-state index is 0.142. The molecule has 5 nitrogen and oxygen atoms in total. The van der Waals surface area contributed by atoms with Gasteiger partial charge in [0, 0.05) is 17.6 Å². The second-order valence-electron chi connectivity index (χ2n) is 6.50. The highest BCUT2D eigenvalue weighted by atomic mass is 35.5. The highest BCUT2D eigenvalue weighted by molar-refractivity contribution is 6.30. The number of rotatable bonds is 4. The highest BCUT2D eigenvalue weighted by Crippen LogP contribution is 2.34. The quantitative estimate of drug-likeness (QED) is 0.850. The molecule has 2 aromatic rings. The molecule has 27 heavy (non-hydrogen) atoms. The van der Waals surface area contributed by atoms with E-state index in [9.17, 15) is 18.0 Å². The first-order valence-electron chi connectivity index (χ1n) is 8.74. The highest BCUT2D eigenvalue weighted by Gasteiger charge is 2.41.